The Morgan fingerprint density at radius 1 is 0.559 bits per heavy atom. The Balaban J connectivity index is 0.000000341. The fraction of sp³-hybridized carbons (Fsp3) is 0.333. The maximum Gasteiger partial charge on any atom is 0.411 e. The van der Waals surface area contributed by atoms with Crippen LogP contribution in [0, 0.1) is 0 Å². The first-order valence-corrected chi connectivity index (χ1v) is 19.5. The van der Waals surface area contributed by atoms with Gasteiger partial charge in [0, 0.05) is 39.3 Å². The number of carboxylic acid groups (broad SMARTS) is 1. The second-order valence-electron chi connectivity index (χ2n) is 15.5. The minimum atomic E-state index is -1.07. The van der Waals surface area contributed by atoms with Gasteiger partial charge in [-0.2, -0.15) is 0 Å². The minimum absolute atomic E-state index is 0.0650. The van der Waals surface area contributed by atoms with Crippen molar-refractivity contribution >= 4 is 24.1 Å². The number of aliphatic carboxylic acids is 1. The van der Waals surface area contributed by atoms with Crippen LogP contribution in [0.15, 0.2) is 147 Å². The van der Waals surface area contributed by atoms with Gasteiger partial charge in [-0.15, -0.1) is 13.2 Å². The number of carbonyl (C=O) groups is 4. The topological polar surface area (TPSA) is 129 Å². The van der Waals surface area contributed by atoms with E-state index in [1.165, 1.54) is 15.4 Å². The quantitative estimate of drug-likeness (QED) is 0.0848. The fourth-order valence-corrected chi connectivity index (χ4v) is 5.19. The van der Waals surface area contributed by atoms with Crippen molar-refractivity contribution in [3.05, 3.63) is 169 Å². The number of nitrogens with one attached hydrogen (secondary N) is 1. The molecule has 0 aromatic heterocycles. The van der Waals surface area contributed by atoms with Crippen LogP contribution in [0.3, 0.4) is 0 Å². The molecule has 0 saturated heterocycles. The summed E-state index contributed by atoms with van der Waals surface area (Å²) in [5.41, 5.74) is 2.84. The third kappa shape index (κ3) is 22.4. The molecule has 11 nitrogen and oxygen atoms in total. The number of hydrogen-bond donors (Lipinski definition) is 2. The predicted molar refractivity (Wildman–Crippen MR) is 234 cm³/mol. The lowest BCUT2D eigenvalue weighted by atomic mass is 10.2. The maximum atomic E-state index is 13.0. The fourth-order valence-electron chi connectivity index (χ4n) is 5.19. The summed E-state index contributed by atoms with van der Waals surface area (Å²) in [4.78, 5) is 52.9. The number of carbonyl (C=O) groups excluding carboxylic acids is 3. The molecule has 316 valence electrons. The molecule has 0 aliphatic carbocycles. The third-order valence-electron chi connectivity index (χ3n) is 7.77. The van der Waals surface area contributed by atoms with Crippen LogP contribution in [0.2, 0.25) is 0 Å². The van der Waals surface area contributed by atoms with Gasteiger partial charge < -0.3 is 24.8 Å². The molecule has 2 N–H and O–H groups in total. The monoisotopic (exact) mass is 806 g/mol. The molecular formula is C48H62N4O7. The summed E-state index contributed by atoms with van der Waals surface area (Å²) in [6.07, 6.45) is 2.42. The highest BCUT2D eigenvalue weighted by Gasteiger charge is 2.26. The molecule has 4 aromatic carbocycles. The molecule has 0 spiro atoms. The molecule has 0 fully saturated rings. The average Bonchev–Trinajstić information content (AvgIpc) is 3.18. The van der Waals surface area contributed by atoms with Gasteiger partial charge in [0.25, 0.3) is 0 Å². The second kappa shape index (κ2) is 25.9. The molecule has 0 heterocycles. The van der Waals surface area contributed by atoms with Gasteiger partial charge in [0.15, 0.2) is 0 Å². The van der Waals surface area contributed by atoms with E-state index in [1.807, 2.05) is 136 Å². The van der Waals surface area contributed by atoms with Gasteiger partial charge in [-0.05, 0) is 63.8 Å². The first-order valence-electron chi connectivity index (χ1n) is 19.5. The van der Waals surface area contributed by atoms with Crippen molar-refractivity contribution in [1.29, 1.82) is 0 Å². The van der Waals surface area contributed by atoms with Crippen LogP contribution in [-0.4, -0.2) is 81.3 Å². The molecule has 4 rings (SSSR count). The standard InChI is InChI=1S/C24H30N2O3.C14H19NO4.C10H13N/c1-5-16-25(17-20-12-8-6-9-13-20)22(27)19-26(23(28)29-24(2,3)4)18-21-14-10-7-11-15-21;1-14(2,3)19-13(18)15(10-12(16)17)9-11-7-5-4-6-8-11;1-2-8-11-9-10-6-4-3-5-7-10/h5-15H,1,16-19H2,2-4H3;4-8H,9-10H2,1-3H3,(H,16,17);2-7,11H,1,8-9H2. The Bertz CT molecular complexity index is 1840. The van der Waals surface area contributed by atoms with Crippen molar-refractivity contribution in [3.63, 3.8) is 0 Å². The highest BCUT2D eigenvalue weighted by molar-refractivity contribution is 5.82. The van der Waals surface area contributed by atoms with Gasteiger partial charge in [0.05, 0.1) is 0 Å². The van der Waals surface area contributed by atoms with Gasteiger partial charge in [0.1, 0.15) is 24.3 Å². The van der Waals surface area contributed by atoms with Crippen molar-refractivity contribution in [2.24, 2.45) is 0 Å². The van der Waals surface area contributed by atoms with E-state index in [0.29, 0.717) is 19.6 Å². The van der Waals surface area contributed by atoms with Gasteiger partial charge in [-0.25, -0.2) is 9.59 Å². The summed E-state index contributed by atoms with van der Waals surface area (Å²) in [5.74, 6) is -1.22. The summed E-state index contributed by atoms with van der Waals surface area (Å²) in [7, 11) is 0. The zero-order valence-corrected chi connectivity index (χ0v) is 35.5. The molecule has 4 aromatic rings. The molecule has 11 heteroatoms. The van der Waals surface area contributed by atoms with Crippen molar-refractivity contribution in [1.82, 2.24) is 20.0 Å². The van der Waals surface area contributed by atoms with Crippen LogP contribution < -0.4 is 5.32 Å². The van der Waals surface area contributed by atoms with E-state index in [2.05, 4.69) is 30.6 Å². The van der Waals surface area contributed by atoms with Gasteiger partial charge in [-0.1, -0.05) is 133 Å². The second-order valence-corrected chi connectivity index (χ2v) is 15.5. The van der Waals surface area contributed by atoms with Crippen molar-refractivity contribution in [3.8, 4) is 0 Å². The van der Waals surface area contributed by atoms with Crippen LogP contribution in [0.4, 0.5) is 9.59 Å². The van der Waals surface area contributed by atoms with E-state index in [1.54, 1.807) is 31.7 Å². The smallest absolute Gasteiger partial charge is 0.411 e. The third-order valence-corrected chi connectivity index (χ3v) is 7.77. The van der Waals surface area contributed by atoms with E-state index >= 15 is 0 Å². The summed E-state index contributed by atoms with van der Waals surface area (Å²) in [6, 6.07) is 38.9. The molecule has 3 amide bonds. The Kier molecular flexibility index (Phi) is 21.5. The number of ether oxygens (including phenoxy) is 2. The lowest BCUT2D eigenvalue weighted by molar-refractivity contribution is -0.138. The average molecular weight is 807 g/mol. The predicted octanol–water partition coefficient (Wildman–Crippen LogP) is 9.11. The lowest BCUT2D eigenvalue weighted by Gasteiger charge is -2.29. The zero-order chi connectivity index (χ0) is 43.7. The molecule has 0 saturated carbocycles. The first kappa shape index (κ1) is 48.9. The Morgan fingerprint density at radius 2 is 0.915 bits per heavy atom. The van der Waals surface area contributed by atoms with Crippen molar-refractivity contribution in [2.75, 3.05) is 26.2 Å². The number of benzene rings is 4. The molecule has 0 atom stereocenters. The molecule has 59 heavy (non-hydrogen) atoms. The molecular weight excluding hydrogens is 745 g/mol. The Labute approximate surface area is 350 Å². The van der Waals surface area contributed by atoms with E-state index in [4.69, 9.17) is 14.6 Å². The van der Waals surface area contributed by atoms with E-state index < -0.39 is 29.4 Å². The number of hydrogen-bond acceptors (Lipinski definition) is 7. The number of amides is 3. The Hall–Kier alpha value is -6.20. The first-order chi connectivity index (χ1) is 28.0. The van der Waals surface area contributed by atoms with E-state index in [9.17, 15) is 19.2 Å². The van der Waals surface area contributed by atoms with Gasteiger partial charge >= 0.3 is 18.2 Å². The van der Waals surface area contributed by atoms with Crippen LogP contribution in [0.1, 0.15) is 63.8 Å². The number of nitrogens with zero attached hydrogens (tertiary/aromatic N) is 3. The van der Waals surface area contributed by atoms with Gasteiger partial charge in [0.2, 0.25) is 5.91 Å². The van der Waals surface area contributed by atoms with Crippen LogP contribution in [0.25, 0.3) is 0 Å². The summed E-state index contributed by atoms with van der Waals surface area (Å²) in [5, 5.41) is 12.1. The van der Waals surface area contributed by atoms with Crippen LogP contribution >= 0.6 is 0 Å². The molecule has 0 radical (unpaired) electrons. The molecule has 0 unspecified atom stereocenters. The molecule has 0 bridgehead atoms. The van der Waals surface area contributed by atoms with Crippen LogP contribution in [0.5, 0.6) is 0 Å². The van der Waals surface area contributed by atoms with Crippen molar-refractivity contribution < 1.29 is 33.8 Å². The van der Waals surface area contributed by atoms with Gasteiger partial charge in [-0.3, -0.25) is 19.4 Å². The van der Waals surface area contributed by atoms with Crippen molar-refractivity contribution in [2.45, 2.75) is 78.9 Å². The summed E-state index contributed by atoms with van der Waals surface area (Å²) >= 11 is 0. The maximum absolute atomic E-state index is 13.0. The lowest BCUT2D eigenvalue weighted by Crippen LogP contribution is -2.44. The Morgan fingerprint density at radius 3 is 1.25 bits per heavy atom. The highest BCUT2D eigenvalue weighted by atomic mass is 16.6. The minimum Gasteiger partial charge on any atom is -0.480 e. The summed E-state index contributed by atoms with van der Waals surface area (Å²) in [6.45, 7) is 20.8. The highest BCUT2D eigenvalue weighted by Crippen LogP contribution is 2.15. The SMILES string of the molecule is C=CCN(Cc1ccccc1)C(=O)CN(Cc1ccccc1)C(=O)OC(C)(C)C.C=CCNCc1ccccc1.CC(C)(C)OC(=O)N(CC(=O)O)Cc1ccccc1. The summed E-state index contributed by atoms with van der Waals surface area (Å²) < 4.78 is 10.7. The number of carboxylic acids is 1. The molecule has 0 aliphatic heterocycles. The van der Waals surface area contributed by atoms with Crippen LogP contribution in [-0.2, 0) is 45.2 Å². The van der Waals surface area contributed by atoms with E-state index in [-0.39, 0.29) is 25.5 Å². The normalized spacial score (nSPS) is 10.6. The largest absolute Gasteiger partial charge is 0.480 e. The zero-order valence-electron chi connectivity index (χ0n) is 35.5. The van der Waals surface area contributed by atoms with E-state index in [0.717, 1.165) is 29.8 Å². The molecule has 0 aliphatic rings. The number of rotatable bonds is 16.